The Morgan fingerprint density at radius 1 is 1.06 bits per heavy atom. The van der Waals surface area contributed by atoms with E-state index in [4.69, 9.17) is 0 Å². The van der Waals surface area contributed by atoms with Gasteiger partial charge < -0.3 is 20.9 Å². The van der Waals surface area contributed by atoms with Gasteiger partial charge in [0.1, 0.15) is 0 Å². The average Bonchev–Trinajstić information content (AvgIpc) is 3.06. The van der Waals surface area contributed by atoms with Crippen molar-refractivity contribution in [2.45, 2.75) is 44.2 Å². The van der Waals surface area contributed by atoms with Crippen molar-refractivity contribution < 1.29 is 9.59 Å². The van der Waals surface area contributed by atoms with Crippen molar-refractivity contribution in [3.8, 4) is 0 Å². The molecular weight excluding hydrogens is 448 g/mol. The molecule has 0 aliphatic carbocycles. The molecule has 6 heteroatoms. The molecule has 1 saturated heterocycles. The molecule has 3 aromatic carbocycles. The first-order chi connectivity index (χ1) is 17.5. The Hall–Kier alpha value is -3.22. The van der Waals surface area contributed by atoms with Crippen LogP contribution < -0.4 is 16.0 Å². The minimum atomic E-state index is -0.244. The van der Waals surface area contributed by atoms with Crippen molar-refractivity contribution in [3.63, 3.8) is 0 Å². The van der Waals surface area contributed by atoms with Gasteiger partial charge in [0, 0.05) is 31.2 Å². The molecule has 1 fully saturated rings. The monoisotopic (exact) mass is 486 g/mol. The summed E-state index contributed by atoms with van der Waals surface area (Å²) < 4.78 is 0. The fraction of sp³-hybridized carbons (Fsp3) is 0.400. The van der Waals surface area contributed by atoms with E-state index in [1.807, 2.05) is 72.6 Å². The molecule has 3 atom stereocenters. The van der Waals surface area contributed by atoms with Crippen LogP contribution in [-0.2, 0) is 4.79 Å². The van der Waals surface area contributed by atoms with Gasteiger partial charge in [-0.05, 0) is 67.2 Å². The first-order valence-electron chi connectivity index (χ1n) is 13.1. The number of carbonyl (C=O) groups is 2. The van der Waals surface area contributed by atoms with Crippen LogP contribution in [0.25, 0.3) is 10.8 Å². The molecule has 1 aliphatic rings. The van der Waals surface area contributed by atoms with Crippen molar-refractivity contribution >= 4 is 22.6 Å². The number of hydrogen-bond acceptors (Lipinski definition) is 4. The Morgan fingerprint density at radius 3 is 2.58 bits per heavy atom. The number of nitrogens with one attached hydrogen (secondary N) is 3. The number of hydrogen-bond donors (Lipinski definition) is 3. The topological polar surface area (TPSA) is 73.5 Å². The number of carbonyl (C=O) groups excluding carboxylic acids is 2. The molecule has 0 aromatic heterocycles. The standard InChI is InChI=1S/C30H38N4O2/c1-22(23-9-4-3-5-10-23)21-34-18-16-27(33-28(30(34)36)13-8-17-31-2)20-32-29(35)26-15-14-24-11-6-7-12-25(24)19-26/h3-7,9-12,14-15,19,22,27-28,31,33H,8,13,16-18,20-21H2,1-2H3,(H,32,35). The van der Waals surface area contributed by atoms with Crippen molar-refractivity contribution in [3.05, 3.63) is 83.9 Å². The average molecular weight is 487 g/mol. The van der Waals surface area contributed by atoms with Gasteiger partial charge >= 0.3 is 0 Å². The van der Waals surface area contributed by atoms with E-state index in [-0.39, 0.29) is 29.8 Å². The second-order valence-electron chi connectivity index (χ2n) is 9.82. The number of amides is 2. The number of fused-ring (bicyclic) bond motifs is 1. The van der Waals surface area contributed by atoms with Crippen LogP contribution in [-0.4, -0.2) is 62.0 Å². The van der Waals surface area contributed by atoms with Crippen molar-refractivity contribution in [1.82, 2.24) is 20.9 Å². The largest absolute Gasteiger partial charge is 0.350 e. The lowest BCUT2D eigenvalue weighted by atomic mass is 10.00. The lowest BCUT2D eigenvalue weighted by Gasteiger charge is -2.27. The SMILES string of the molecule is CNCCCC1NC(CNC(=O)c2ccc3ccccc3c2)CCN(CC(C)c2ccccc2)C1=O. The van der Waals surface area contributed by atoms with Crippen LogP contribution in [0.15, 0.2) is 72.8 Å². The summed E-state index contributed by atoms with van der Waals surface area (Å²) in [7, 11) is 1.93. The highest BCUT2D eigenvalue weighted by molar-refractivity contribution is 5.98. The Labute approximate surface area is 214 Å². The molecule has 190 valence electrons. The number of rotatable bonds is 10. The molecule has 4 rings (SSSR count). The third-order valence-corrected chi connectivity index (χ3v) is 7.10. The van der Waals surface area contributed by atoms with Gasteiger partial charge in [-0.2, -0.15) is 0 Å². The summed E-state index contributed by atoms with van der Waals surface area (Å²) in [5.41, 5.74) is 1.90. The molecule has 0 saturated carbocycles. The fourth-order valence-corrected chi connectivity index (χ4v) is 4.98. The van der Waals surface area contributed by atoms with Gasteiger partial charge in [-0.15, -0.1) is 0 Å². The third kappa shape index (κ3) is 6.71. The highest BCUT2D eigenvalue weighted by Crippen LogP contribution is 2.20. The molecule has 2 amide bonds. The van der Waals surface area contributed by atoms with Crippen molar-refractivity contribution in [2.75, 3.05) is 33.2 Å². The van der Waals surface area contributed by atoms with E-state index in [0.29, 0.717) is 25.2 Å². The van der Waals surface area contributed by atoms with Crippen LogP contribution in [0.1, 0.15) is 48.0 Å². The van der Waals surface area contributed by atoms with Gasteiger partial charge in [-0.3, -0.25) is 9.59 Å². The van der Waals surface area contributed by atoms with Gasteiger partial charge in [0.05, 0.1) is 6.04 Å². The van der Waals surface area contributed by atoms with Gasteiger partial charge in [0.25, 0.3) is 5.91 Å². The van der Waals surface area contributed by atoms with Crippen molar-refractivity contribution in [2.24, 2.45) is 0 Å². The van der Waals surface area contributed by atoms with E-state index >= 15 is 0 Å². The number of benzene rings is 3. The summed E-state index contributed by atoms with van der Waals surface area (Å²) in [4.78, 5) is 28.4. The van der Waals surface area contributed by atoms with Crippen LogP contribution in [0.5, 0.6) is 0 Å². The van der Waals surface area contributed by atoms with Crippen LogP contribution >= 0.6 is 0 Å². The highest BCUT2D eigenvalue weighted by atomic mass is 16.2. The number of nitrogens with zero attached hydrogens (tertiary/aromatic N) is 1. The first kappa shape index (κ1) is 25.9. The Balaban J connectivity index is 1.40. The van der Waals surface area contributed by atoms with Gasteiger partial charge in [0.2, 0.25) is 5.91 Å². The summed E-state index contributed by atoms with van der Waals surface area (Å²) in [6, 6.07) is 24.0. The Kier molecular flexibility index (Phi) is 9.09. The maximum absolute atomic E-state index is 13.5. The predicted octanol–water partition coefficient (Wildman–Crippen LogP) is 3.93. The zero-order chi connectivity index (χ0) is 25.3. The molecule has 0 radical (unpaired) electrons. The molecular formula is C30H38N4O2. The van der Waals surface area contributed by atoms with Crippen molar-refractivity contribution in [1.29, 1.82) is 0 Å². The molecule has 3 unspecified atom stereocenters. The molecule has 0 spiro atoms. The first-order valence-corrected chi connectivity index (χ1v) is 13.1. The maximum atomic E-state index is 13.5. The second-order valence-corrected chi connectivity index (χ2v) is 9.82. The predicted molar refractivity (Wildman–Crippen MR) is 146 cm³/mol. The minimum absolute atomic E-state index is 0.0370. The smallest absolute Gasteiger partial charge is 0.251 e. The summed E-state index contributed by atoms with van der Waals surface area (Å²) in [5, 5.41) is 12.0. The lowest BCUT2D eigenvalue weighted by Crippen LogP contribution is -2.49. The Morgan fingerprint density at radius 2 is 1.81 bits per heavy atom. The van der Waals surface area contributed by atoms with E-state index in [0.717, 1.165) is 36.6 Å². The lowest BCUT2D eigenvalue weighted by molar-refractivity contribution is -0.133. The molecule has 3 N–H and O–H groups in total. The summed E-state index contributed by atoms with van der Waals surface area (Å²) in [6.07, 6.45) is 2.48. The summed E-state index contributed by atoms with van der Waals surface area (Å²) in [6.45, 7) is 4.92. The second kappa shape index (κ2) is 12.7. The van der Waals surface area contributed by atoms with Crippen LogP contribution in [0, 0.1) is 0 Å². The van der Waals surface area contributed by atoms with Crippen LogP contribution in [0.4, 0.5) is 0 Å². The van der Waals surface area contributed by atoms with E-state index in [1.54, 1.807) is 0 Å². The van der Waals surface area contributed by atoms with Gasteiger partial charge in [0.15, 0.2) is 0 Å². The molecule has 1 aliphatic heterocycles. The maximum Gasteiger partial charge on any atom is 0.251 e. The van der Waals surface area contributed by atoms with E-state index < -0.39 is 0 Å². The quantitative estimate of drug-likeness (QED) is 0.380. The van der Waals surface area contributed by atoms with E-state index in [9.17, 15) is 9.59 Å². The summed E-state index contributed by atoms with van der Waals surface area (Å²) >= 11 is 0. The molecule has 6 nitrogen and oxygen atoms in total. The normalized spacial score (nSPS) is 19.2. The van der Waals surface area contributed by atoms with Gasteiger partial charge in [-0.25, -0.2) is 0 Å². The Bertz CT molecular complexity index is 1150. The van der Waals surface area contributed by atoms with Crippen LogP contribution in [0.3, 0.4) is 0 Å². The molecule has 3 aromatic rings. The zero-order valence-corrected chi connectivity index (χ0v) is 21.4. The zero-order valence-electron chi connectivity index (χ0n) is 21.4. The molecule has 1 heterocycles. The third-order valence-electron chi connectivity index (χ3n) is 7.10. The summed E-state index contributed by atoms with van der Waals surface area (Å²) in [5.74, 6) is 0.342. The minimum Gasteiger partial charge on any atom is -0.350 e. The fourth-order valence-electron chi connectivity index (χ4n) is 4.98. The van der Waals surface area contributed by atoms with Gasteiger partial charge in [-0.1, -0.05) is 67.6 Å². The van der Waals surface area contributed by atoms with E-state index in [1.165, 1.54) is 5.56 Å². The van der Waals surface area contributed by atoms with Crippen LogP contribution in [0.2, 0.25) is 0 Å². The van der Waals surface area contributed by atoms with E-state index in [2.05, 4.69) is 35.0 Å². The highest BCUT2D eigenvalue weighted by Gasteiger charge is 2.31. The molecule has 36 heavy (non-hydrogen) atoms. The molecule has 0 bridgehead atoms.